The molecule has 1 aromatic heterocycles. The van der Waals surface area contributed by atoms with Crippen LogP contribution in [0.4, 0.5) is 0 Å². The maximum Gasteiger partial charge on any atom is 0.241 e. The second-order valence-corrected chi connectivity index (χ2v) is 7.40. The Morgan fingerprint density at radius 1 is 1.03 bits per heavy atom. The number of carbonyl (C=O) groups is 1. The smallest absolute Gasteiger partial charge is 0.241 e. The fraction of sp³-hybridized carbons (Fsp3) is 0.348. The highest BCUT2D eigenvalue weighted by atomic mass is 16.5. The van der Waals surface area contributed by atoms with Crippen molar-refractivity contribution >= 4 is 5.91 Å². The molecule has 1 amide bonds. The fourth-order valence-electron chi connectivity index (χ4n) is 3.67. The van der Waals surface area contributed by atoms with Crippen LogP contribution in [0.5, 0.6) is 11.5 Å². The molecule has 0 radical (unpaired) electrons. The highest BCUT2D eigenvalue weighted by molar-refractivity contribution is 5.79. The summed E-state index contributed by atoms with van der Waals surface area (Å²) in [7, 11) is 3.25. The molecule has 31 heavy (non-hydrogen) atoms. The molecule has 2 heterocycles. The highest BCUT2D eigenvalue weighted by Crippen LogP contribution is 2.27. The minimum Gasteiger partial charge on any atom is -0.497 e. The van der Waals surface area contributed by atoms with Gasteiger partial charge >= 0.3 is 0 Å². The zero-order chi connectivity index (χ0) is 21.6. The van der Waals surface area contributed by atoms with Crippen LogP contribution < -0.4 is 9.47 Å². The van der Waals surface area contributed by atoms with E-state index in [9.17, 15) is 4.79 Å². The van der Waals surface area contributed by atoms with Gasteiger partial charge in [-0.15, -0.1) is 0 Å². The summed E-state index contributed by atoms with van der Waals surface area (Å²) in [6, 6.07) is 15.2. The number of para-hydroxylation sites is 1. The zero-order valence-corrected chi connectivity index (χ0v) is 17.8. The van der Waals surface area contributed by atoms with Crippen molar-refractivity contribution in [1.82, 2.24) is 19.9 Å². The first-order chi connectivity index (χ1) is 15.2. The zero-order valence-electron chi connectivity index (χ0n) is 17.8. The molecule has 0 saturated carbocycles. The summed E-state index contributed by atoms with van der Waals surface area (Å²) in [6.45, 7) is 3.43. The molecular weight excluding hydrogens is 396 g/mol. The number of amides is 1. The van der Waals surface area contributed by atoms with Gasteiger partial charge in [-0.25, -0.2) is 0 Å². The van der Waals surface area contributed by atoms with E-state index in [1.807, 2.05) is 53.4 Å². The van der Waals surface area contributed by atoms with Crippen LogP contribution in [0.2, 0.25) is 0 Å². The molecule has 0 N–H and O–H groups in total. The Labute approximate surface area is 181 Å². The second kappa shape index (κ2) is 9.61. The molecule has 1 fully saturated rings. The van der Waals surface area contributed by atoms with E-state index >= 15 is 0 Å². The lowest BCUT2D eigenvalue weighted by Crippen LogP contribution is -2.48. The van der Waals surface area contributed by atoms with Gasteiger partial charge in [0.15, 0.2) is 0 Å². The van der Waals surface area contributed by atoms with E-state index < -0.39 is 0 Å². The van der Waals surface area contributed by atoms with Crippen LogP contribution in [0, 0.1) is 0 Å². The number of rotatable bonds is 7. The van der Waals surface area contributed by atoms with Crippen LogP contribution in [0.3, 0.4) is 0 Å². The summed E-state index contributed by atoms with van der Waals surface area (Å²) in [5, 5.41) is 4.10. The average molecular weight is 422 g/mol. The lowest BCUT2D eigenvalue weighted by molar-refractivity contribution is -0.132. The first-order valence-corrected chi connectivity index (χ1v) is 10.3. The van der Waals surface area contributed by atoms with Crippen LogP contribution in [-0.4, -0.2) is 66.2 Å². The number of piperazine rings is 1. The topological polar surface area (TPSA) is 80.9 Å². The molecule has 8 heteroatoms. The quantitative estimate of drug-likeness (QED) is 0.579. The van der Waals surface area contributed by atoms with Crippen LogP contribution in [0.1, 0.15) is 11.5 Å². The summed E-state index contributed by atoms with van der Waals surface area (Å²) in [4.78, 5) is 21.3. The third-order valence-corrected chi connectivity index (χ3v) is 5.39. The molecule has 1 saturated heterocycles. The second-order valence-electron chi connectivity index (χ2n) is 7.40. The van der Waals surface area contributed by atoms with Crippen molar-refractivity contribution in [1.29, 1.82) is 0 Å². The van der Waals surface area contributed by atoms with Crippen molar-refractivity contribution in [2.45, 2.75) is 13.0 Å². The Kier molecular flexibility index (Phi) is 6.47. The van der Waals surface area contributed by atoms with E-state index in [1.165, 1.54) is 0 Å². The monoisotopic (exact) mass is 422 g/mol. The largest absolute Gasteiger partial charge is 0.497 e. The summed E-state index contributed by atoms with van der Waals surface area (Å²) < 4.78 is 16.1. The molecule has 0 aliphatic carbocycles. The van der Waals surface area contributed by atoms with Crippen molar-refractivity contribution in [3.05, 3.63) is 60.0 Å². The molecule has 162 valence electrons. The predicted octanol–water partition coefficient (Wildman–Crippen LogP) is 2.64. The number of hydrogen-bond acceptors (Lipinski definition) is 7. The predicted molar refractivity (Wildman–Crippen MR) is 115 cm³/mol. The van der Waals surface area contributed by atoms with Crippen LogP contribution >= 0.6 is 0 Å². The Morgan fingerprint density at radius 3 is 2.61 bits per heavy atom. The summed E-state index contributed by atoms with van der Waals surface area (Å²) >= 11 is 0. The first-order valence-electron chi connectivity index (χ1n) is 10.3. The van der Waals surface area contributed by atoms with Crippen LogP contribution in [0.15, 0.2) is 53.1 Å². The summed E-state index contributed by atoms with van der Waals surface area (Å²) in [6.07, 6.45) is 0.378. The van der Waals surface area contributed by atoms with Crippen molar-refractivity contribution in [3.8, 4) is 22.9 Å². The van der Waals surface area contributed by atoms with Gasteiger partial charge < -0.3 is 18.9 Å². The van der Waals surface area contributed by atoms with Gasteiger partial charge in [0.1, 0.15) is 11.5 Å². The van der Waals surface area contributed by atoms with E-state index in [-0.39, 0.29) is 5.91 Å². The van der Waals surface area contributed by atoms with E-state index in [4.69, 9.17) is 14.0 Å². The Hall–Kier alpha value is -3.39. The van der Waals surface area contributed by atoms with E-state index in [2.05, 4.69) is 15.0 Å². The first kappa shape index (κ1) is 20.9. The van der Waals surface area contributed by atoms with Crippen molar-refractivity contribution in [3.63, 3.8) is 0 Å². The molecule has 0 unspecified atom stereocenters. The normalized spacial score (nSPS) is 14.5. The van der Waals surface area contributed by atoms with Crippen molar-refractivity contribution < 1.29 is 18.8 Å². The number of benzene rings is 2. The van der Waals surface area contributed by atoms with Gasteiger partial charge in [0.2, 0.25) is 17.6 Å². The fourth-order valence-corrected chi connectivity index (χ4v) is 3.67. The Morgan fingerprint density at radius 2 is 1.84 bits per heavy atom. The molecule has 4 rings (SSSR count). The minimum atomic E-state index is 0.129. The van der Waals surface area contributed by atoms with Crippen molar-refractivity contribution in [2.75, 3.05) is 40.4 Å². The molecule has 1 aliphatic heterocycles. The maximum atomic E-state index is 12.7. The molecule has 1 aliphatic rings. The van der Waals surface area contributed by atoms with Crippen LogP contribution in [-0.2, 0) is 17.8 Å². The van der Waals surface area contributed by atoms with Crippen LogP contribution in [0.25, 0.3) is 11.4 Å². The summed E-state index contributed by atoms with van der Waals surface area (Å²) in [5.74, 6) is 2.67. The standard InChI is InChI=1S/C23H26N4O4/c1-29-18-7-5-6-17(14-18)15-22(28)27-12-10-26(11-13-27)16-21-24-23(25-31-21)19-8-3-4-9-20(19)30-2/h3-9,14H,10-13,15-16H2,1-2H3. The van der Waals surface area contributed by atoms with Gasteiger partial charge in [-0.1, -0.05) is 29.4 Å². The van der Waals surface area contributed by atoms with Gasteiger partial charge in [0.25, 0.3) is 0 Å². The van der Waals surface area contributed by atoms with Gasteiger partial charge in [-0.2, -0.15) is 4.98 Å². The van der Waals surface area contributed by atoms with Gasteiger partial charge in [-0.05, 0) is 29.8 Å². The number of methoxy groups -OCH3 is 2. The lowest BCUT2D eigenvalue weighted by atomic mass is 10.1. The summed E-state index contributed by atoms with van der Waals surface area (Å²) in [5.41, 5.74) is 1.76. The molecule has 0 atom stereocenters. The third kappa shape index (κ3) is 5.03. The van der Waals surface area contributed by atoms with E-state index in [0.29, 0.717) is 43.5 Å². The number of carbonyl (C=O) groups excluding carboxylic acids is 1. The average Bonchev–Trinajstić information content (AvgIpc) is 3.28. The highest BCUT2D eigenvalue weighted by Gasteiger charge is 2.23. The van der Waals surface area contributed by atoms with Gasteiger partial charge in [-0.3, -0.25) is 9.69 Å². The van der Waals surface area contributed by atoms with Gasteiger partial charge in [0.05, 0.1) is 32.7 Å². The molecule has 0 bridgehead atoms. The third-order valence-electron chi connectivity index (χ3n) is 5.39. The Bertz CT molecular complexity index is 1030. The Balaban J connectivity index is 1.30. The maximum absolute atomic E-state index is 12.7. The molecule has 0 spiro atoms. The van der Waals surface area contributed by atoms with Crippen molar-refractivity contribution in [2.24, 2.45) is 0 Å². The SMILES string of the molecule is COc1cccc(CC(=O)N2CCN(Cc3nc(-c4ccccc4OC)no3)CC2)c1. The number of hydrogen-bond donors (Lipinski definition) is 0. The molecule has 3 aromatic rings. The number of ether oxygens (including phenoxy) is 2. The van der Waals surface area contributed by atoms with E-state index in [0.717, 1.165) is 30.0 Å². The lowest BCUT2D eigenvalue weighted by Gasteiger charge is -2.34. The molecule has 8 nitrogen and oxygen atoms in total. The molecule has 2 aromatic carbocycles. The van der Waals surface area contributed by atoms with E-state index in [1.54, 1.807) is 14.2 Å². The van der Waals surface area contributed by atoms with Gasteiger partial charge in [0, 0.05) is 26.2 Å². The number of nitrogens with zero attached hydrogens (tertiary/aromatic N) is 4. The number of aromatic nitrogens is 2. The molecular formula is C23H26N4O4. The minimum absolute atomic E-state index is 0.129.